The first-order chi connectivity index (χ1) is 6.61. The molecule has 5 heteroatoms. The van der Waals surface area contributed by atoms with Crippen molar-refractivity contribution < 1.29 is 9.53 Å². The minimum absolute atomic E-state index is 0.129. The van der Waals surface area contributed by atoms with Crippen molar-refractivity contribution in [3.8, 4) is 5.75 Å². The number of nitrogens with zero attached hydrogens (tertiary/aromatic N) is 1. The summed E-state index contributed by atoms with van der Waals surface area (Å²) >= 11 is 4.68. The van der Waals surface area contributed by atoms with Crippen molar-refractivity contribution >= 4 is 23.2 Å². The van der Waals surface area contributed by atoms with Gasteiger partial charge in [0, 0.05) is 12.4 Å². The van der Waals surface area contributed by atoms with Crippen LogP contribution in [0.1, 0.15) is 6.92 Å². The average molecular weight is 210 g/mol. The predicted octanol–water partition coefficient (Wildman–Crippen LogP) is 0.909. The summed E-state index contributed by atoms with van der Waals surface area (Å²) in [6.07, 6.45) is 3.07. The van der Waals surface area contributed by atoms with E-state index >= 15 is 0 Å². The third-order valence-corrected chi connectivity index (χ3v) is 2.00. The third-order valence-electron chi connectivity index (χ3n) is 1.65. The molecule has 0 radical (unpaired) electrons. The second-order valence-corrected chi connectivity index (χ2v) is 3.20. The number of pyridine rings is 1. The van der Waals surface area contributed by atoms with Crippen molar-refractivity contribution in [3.63, 3.8) is 0 Å². The fraction of sp³-hybridized carbons (Fsp3) is 0.222. The van der Waals surface area contributed by atoms with Gasteiger partial charge in [-0.1, -0.05) is 12.2 Å². The Hall–Kier alpha value is -1.49. The normalized spacial score (nSPS) is 11.8. The Morgan fingerprint density at radius 1 is 1.57 bits per heavy atom. The molecule has 2 N–H and O–H groups in total. The lowest BCUT2D eigenvalue weighted by molar-refractivity contribution is -0.136. The summed E-state index contributed by atoms with van der Waals surface area (Å²) in [4.78, 5) is 15.3. The first kappa shape index (κ1) is 10.6. The maximum atomic E-state index is 11.3. The number of aromatic nitrogens is 1. The van der Waals surface area contributed by atoms with Gasteiger partial charge < -0.3 is 10.5 Å². The van der Waals surface area contributed by atoms with Crippen molar-refractivity contribution in [1.82, 2.24) is 4.98 Å². The van der Waals surface area contributed by atoms with Gasteiger partial charge in [-0.2, -0.15) is 0 Å². The zero-order chi connectivity index (χ0) is 10.6. The van der Waals surface area contributed by atoms with Crippen LogP contribution in [0.25, 0.3) is 0 Å². The number of nitrogens with two attached hydrogens (primary N) is 1. The number of carbonyl (C=O) groups excluding carboxylic acids is 1. The van der Waals surface area contributed by atoms with E-state index in [9.17, 15) is 4.79 Å². The number of esters is 1. The van der Waals surface area contributed by atoms with Gasteiger partial charge in [0.1, 0.15) is 11.7 Å². The van der Waals surface area contributed by atoms with Crippen molar-refractivity contribution in [3.05, 3.63) is 24.5 Å². The lowest BCUT2D eigenvalue weighted by atomic mass is 10.2. The van der Waals surface area contributed by atoms with Gasteiger partial charge in [0.2, 0.25) is 0 Å². The van der Waals surface area contributed by atoms with Gasteiger partial charge in [-0.25, -0.2) is 0 Å². The Morgan fingerprint density at radius 2 is 2.14 bits per heavy atom. The average Bonchev–Trinajstić information content (AvgIpc) is 2.18. The smallest absolute Gasteiger partial charge is 0.320 e. The van der Waals surface area contributed by atoms with E-state index in [4.69, 9.17) is 10.5 Å². The molecule has 0 saturated heterocycles. The van der Waals surface area contributed by atoms with Crippen LogP contribution in [0.3, 0.4) is 0 Å². The van der Waals surface area contributed by atoms with Crippen LogP contribution in [0.2, 0.25) is 0 Å². The molecule has 1 atom stereocenters. The monoisotopic (exact) mass is 210 g/mol. The molecule has 0 saturated carbocycles. The van der Waals surface area contributed by atoms with E-state index in [0.29, 0.717) is 5.75 Å². The highest BCUT2D eigenvalue weighted by atomic mass is 32.1. The molecular weight excluding hydrogens is 200 g/mol. The standard InChI is InChI=1S/C9H10N2O2S/c1-6(8(10)14)9(12)13-7-2-4-11-5-3-7/h2-6H,1H3,(H2,10,14). The van der Waals surface area contributed by atoms with Crippen molar-refractivity contribution in [2.75, 3.05) is 0 Å². The largest absolute Gasteiger partial charge is 0.426 e. The summed E-state index contributed by atoms with van der Waals surface area (Å²) in [5, 5.41) is 0. The van der Waals surface area contributed by atoms with Gasteiger partial charge in [0.25, 0.3) is 0 Å². The van der Waals surface area contributed by atoms with Gasteiger partial charge in [0.15, 0.2) is 0 Å². The molecule has 1 rings (SSSR count). The van der Waals surface area contributed by atoms with E-state index in [2.05, 4.69) is 17.2 Å². The van der Waals surface area contributed by atoms with E-state index in [-0.39, 0.29) is 4.99 Å². The molecule has 0 aliphatic heterocycles. The number of rotatable bonds is 3. The number of thiocarbonyl (C=S) groups is 1. The quantitative estimate of drug-likeness (QED) is 0.593. The molecule has 1 heterocycles. The molecule has 0 aromatic carbocycles. The van der Waals surface area contributed by atoms with Crippen LogP contribution in [0, 0.1) is 5.92 Å². The molecule has 1 aromatic rings. The number of ether oxygens (including phenoxy) is 1. The highest BCUT2D eigenvalue weighted by Crippen LogP contribution is 2.09. The summed E-state index contributed by atoms with van der Waals surface area (Å²) in [6.45, 7) is 1.60. The van der Waals surface area contributed by atoms with E-state index in [0.717, 1.165) is 0 Å². The molecule has 0 bridgehead atoms. The SMILES string of the molecule is CC(C(=O)Oc1ccncc1)C(N)=S. The van der Waals surface area contributed by atoms with E-state index in [1.807, 2.05) is 0 Å². The molecule has 0 amide bonds. The second-order valence-electron chi connectivity index (χ2n) is 2.73. The van der Waals surface area contributed by atoms with Gasteiger partial charge in [-0.15, -0.1) is 0 Å². The van der Waals surface area contributed by atoms with E-state index in [1.54, 1.807) is 19.1 Å². The predicted molar refractivity (Wildman–Crippen MR) is 55.8 cm³/mol. The lowest BCUT2D eigenvalue weighted by Crippen LogP contribution is -2.29. The van der Waals surface area contributed by atoms with Crippen LogP contribution in [0.5, 0.6) is 5.75 Å². The zero-order valence-electron chi connectivity index (χ0n) is 7.64. The highest BCUT2D eigenvalue weighted by molar-refractivity contribution is 7.80. The van der Waals surface area contributed by atoms with Crippen molar-refractivity contribution in [2.45, 2.75) is 6.92 Å². The number of carbonyl (C=O) groups is 1. The molecule has 0 spiro atoms. The molecule has 1 aromatic heterocycles. The minimum Gasteiger partial charge on any atom is -0.426 e. The molecule has 0 aliphatic rings. The van der Waals surface area contributed by atoms with Gasteiger partial charge in [0.05, 0.1) is 4.99 Å². The maximum absolute atomic E-state index is 11.3. The topological polar surface area (TPSA) is 65.2 Å². The summed E-state index contributed by atoms with van der Waals surface area (Å²) < 4.78 is 4.99. The lowest BCUT2D eigenvalue weighted by Gasteiger charge is -2.08. The van der Waals surface area contributed by atoms with E-state index < -0.39 is 11.9 Å². The van der Waals surface area contributed by atoms with Crippen molar-refractivity contribution in [2.24, 2.45) is 11.7 Å². The fourth-order valence-corrected chi connectivity index (χ4v) is 0.823. The van der Waals surface area contributed by atoms with Crippen LogP contribution >= 0.6 is 12.2 Å². The summed E-state index contributed by atoms with van der Waals surface area (Å²) in [5.41, 5.74) is 5.31. The van der Waals surface area contributed by atoms with E-state index in [1.165, 1.54) is 12.4 Å². The zero-order valence-corrected chi connectivity index (χ0v) is 8.45. The number of hydrogen-bond acceptors (Lipinski definition) is 4. The summed E-state index contributed by atoms with van der Waals surface area (Å²) in [7, 11) is 0. The molecule has 0 fully saturated rings. The van der Waals surface area contributed by atoms with Crippen LogP contribution in [0.15, 0.2) is 24.5 Å². The Kier molecular flexibility index (Phi) is 3.53. The van der Waals surface area contributed by atoms with Gasteiger partial charge in [-0.05, 0) is 19.1 Å². The van der Waals surface area contributed by atoms with Crippen LogP contribution in [-0.4, -0.2) is 15.9 Å². The Balaban J connectivity index is 2.62. The molecule has 14 heavy (non-hydrogen) atoms. The van der Waals surface area contributed by atoms with Crippen LogP contribution in [0.4, 0.5) is 0 Å². The van der Waals surface area contributed by atoms with Crippen LogP contribution < -0.4 is 10.5 Å². The fourth-order valence-electron chi connectivity index (χ4n) is 0.727. The molecule has 74 valence electrons. The van der Waals surface area contributed by atoms with Crippen molar-refractivity contribution in [1.29, 1.82) is 0 Å². The molecule has 1 unspecified atom stereocenters. The van der Waals surface area contributed by atoms with Gasteiger partial charge >= 0.3 is 5.97 Å². The minimum atomic E-state index is -0.571. The second kappa shape index (κ2) is 4.66. The molecule has 4 nitrogen and oxygen atoms in total. The summed E-state index contributed by atoms with van der Waals surface area (Å²) in [5.74, 6) is -0.588. The molecule has 0 aliphatic carbocycles. The Labute approximate surface area is 87.1 Å². The Bertz CT molecular complexity index is 340. The maximum Gasteiger partial charge on any atom is 0.320 e. The van der Waals surface area contributed by atoms with Crippen LogP contribution in [-0.2, 0) is 4.79 Å². The summed E-state index contributed by atoms with van der Waals surface area (Å²) in [6, 6.07) is 3.17. The first-order valence-electron chi connectivity index (χ1n) is 4.02. The Morgan fingerprint density at radius 3 is 2.64 bits per heavy atom. The van der Waals surface area contributed by atoms with Gasteiger partial charge in [-0.3, -0.25) is 9.78 Å². The number of hydrogen-bond donors (Lipinski definition) is 1. The third kappa shape index (κ3) is 2.77. The highest BCUT2D eigenvalue weighted by Gasteiger charge is 2.17. The molecular formula is C9H10N2O2S. The first-order valence-corrected chi connectivity index (χ1v) is 4.43.